The first-order valence-corrected chi connectivity index (χ1v) is 5.01. The monoisotopic (exact) mass is 267 g/mol. The first-order valence-electron chi connectivity index (χ1n) is 4.63. The normalized spacial score (nSPS) is 11.3. The van der Waals surface area contributed by atoms with E-state index in [9.17, 15) is 18.0 Å². The molecule has 0 spiro atoms. The average molecular weight is 268 g/mol. The molecule has 1 rings (SSSR count). The van der Waals surface area contributed by atoms with E-state index in [1.807, 2.05) is 0 Å². The highest BCUT2D eigenvalue weighted by Gasteiger charge is 2.26. The number of carboxylic acid groups (broad SMARTS) is 1. The van der Waals surface area contributed by atoms with Crippen molar-refractivity contribution in [1.82, 2.24) is 0 Å². The average Bonchev–Trinajstić information content (AvgIpc) is 2.15. The third kappa shape index (κ3) is 4.52. The lowest BCUT2D eigenvalue weighted by Gasteiger charge is -2.09. The van der Waals surface area contributed by atoms with Crippen molar-refractivity contribution in [1.29, 1.82) is 0 Å². The highest BCUT2D eigenvalue weighted by Crippen LogP contribution is 2.22. The van der Waals surface area contributed by atoms with Crippen molar-refractivity contribution in [2.75, 3.05) is 11.9 Å². The number of aromatic carboxylic acids is 1. The Morgan fingerprint density at radius 3 is 2.53 bits per heavy atom. The van der Waals surface area contributed by atoms with Crippen LogP contribution < -0.4 is 5.32 Å². The molecule has 0 unspecified atom stereocenters. The molecule has 0 heterocycles. The van der Waals surface area contributed by atoms with Gasteiger partial charge in [0.15, 0.2) is 0 Å². The Balaban J connectivity index is 2.62. The van der Waals surface area contributed by atoms with Crippen LogP contribution in [0.15, 0.2) is 18.2 Å². The molecule has 0 aromatic heterocycles. The van der Waals surface area contributed by atoms with E-state index in [0.717, 1.165) is 0 Å². The van der Waals surface area contributed by atoms with E-state index in [0.29, 0.717) is 5.69 Å². The molecular weight excluding hydrogens is 259 g/mol. The molecule has 2 N–H and O–H groups in total. The van der Waals surface area contributed by atoms with Crippen LogP contribution in [-0.2, 0) is 0 Å². The Morgan fingerprint density at radius 1 is 1.41 bits per heavy atom. The molecule has 0 amide bonds. The summed E-state index contributed by atoms with van der Waals surface area (Å²) in [6, 6.07) is 3.88. The Labute approximate surface area is 100 Å². The summed E-state index contributed by atoms with van der Waals surface area (Å²) >= 11 is 5.65. The van der Waals surface area contributed by atoms with Gasteiger partial charge in [-0.1, -0.05) is 11.6 Å². The topological polar surface area (TPSA) is 49.3 Å². The largest absolute Gasteiger partial charge is 0.478 e. The highest BCUT2D eigenvalue weighted by molar-refractivity contribution is 6.33. The minimum absolute atomic E-state index is 0.0190. The number of nitrogens with one attached hydrogen (secondary N) is 1. The van der Waals surface area contributed by atoms with Crippen LogP contribution >= 0.6 is 11.6 Å². The van der Waals surface area contributed by atoms with E-state index in [1.54, 1.807) is 0 Å². The van der Waals surface area contributed by atoms with Gasteiger partial charge in [-0.25, -0.2) is 4.79 Å². The van der Waals surface area contributed by atoms with E-state index < -0.39 is 18.6 Å². The second kappa shape index (κ2) is 5.27. The molecule has 0 atom stereocenters. The molecule has 94 valence electrons. The molecule has 0 radical (unpaired) electrons. The molecule has 0 fully saturated rings. The fourth-order valence-electron chi connectivity index (χ4n) is 1.15. The number of hydrogen-bond acceptors (Lipinski definition) is 2. The van der Waals surface area contributed by atoms with Crippen molar-refractivity contribution < 1.29 is 23.1 Å². The summed E-state index contributed by atoms with van der Waals surface area (Å²) in [5.41, 5.74) is 0.261. The van der Waals surface area contributed by atoms with Crippen LogP contribution in [-0.4, -0.2) is 23.8 Å². The summed E-state index contributed by atoms with van der Waals surface area (Å²) < 4.78 is 35.6. The molecule has 3 nitrogen and oxygen atoms in total. The van der Waals surface area contributed by atoms with Crippen molar-refractivity contribution in [2.45, 2.75) is 12.6 Å². The zero-order chi connectivity index (χ0) is 13.1. The number of rotatable bonds is 4. The summed E-state index contributed by atoms with van der Waals surface area (Å²) in [6.45, 7) is -0.285. The molecule has 17 heavy (non-hydrogen) atoms. The van der Waals surface area contributed by atoms with Crippen molar-refractivity contribution in [2.24, 2.45) is 0 Å². The van der Waals surface area contributed by atoms with Crippen molar-refractivity contribution in [3.63, 3.8) is 0 Å². The van der Waals surface area contributed by atoms with Gasteiger partial charge in [0.2, 0.25) is 0 Å². The van der Waals surface area contributed by atoms with Crippen LogP contribution in [0.2, 0.25) is 5.02 Å². The molecule has 0 aliphatic rings. The van der Waals surface area contributed by atoms with Crippen molar-refractivity contribution in [3.8, 4) is 0 Å². The molecule has 0 saturated carbocycles. The molecule has 0 bridgehead atoms. The summed E-state index contributed by atoms with van der Waals surface area (Å²) in [6.07, 6.45) is -5.19. The van der Waals surface area contributed by atoms with Crippen LogP contribution in [0.5, 0.6) is 0 Å². The summed E-state index contributed by atoms with van der Waals surface area (Å²) in [7, 11) is 0. The molecule has 0 saturated heterocycles. The van der Waals surface area contributed by atoms with Gasteiger partial charge in [0.05, 0.1) is 17.0 Å². The van der Waals surface area contributed by atoms with Gasteiger partial charge in [-0.05, 0) is 18.2 Å². The minimum atomic E-state index is -4.22. The van der Waals surface area contributed by atoms with E-state index in [1.165, 1.54) is 18.2 Å². The Kier molecular flexibility index (Phi) is 4.22. The highest BCUT2D eigenvalue weighted by atomic mass is 35.5. The van der Waals surface area contributed by atoms with Crippen molar-refractivity contribution in [3.05, 3.63) is 28.8 Å². The lowest BCUT2D eigenvalue weighted by Crippen LogP contribution is -2.14. The zero-order valence-electron chi connectivity index (χ0n) is 8.51. The lowest BCUT2D eigenvalue weighted by atomic mass is 10.2. The Bertz CT molecular complexity index is 421. The lowest BCUT2D eigenvalue weighted by molar-refractivity contribution is -0.131. The fourth-order valence-corrected chi connectivity index (χ4v) is 1.41. The number of hydrogen-bond donors (Lipinski definition) is 2. The number of benzene rings is 1. The van der Waals surface area contributed by atoms with Gasteiger partial charge in [0.1, 0.15) is 0 Å². The molecular formula is C10H9ClF3NO2. The first-order chi connectivity index (χ1) is 7.79. The van der Waals surface area contributed by atoms with Crippen LogP contribution in [0.4, 0.5) is 18.9 Å². The molecule has 1 aromatic carbocycles. The zero-order valence-corrected chi connectivity index (χ0v) is 9.27. The summed E-state index contributed by atoms with van der Waals surface area (Å²) in [5.74, 6) is -1.18. The van der Waals surface area contributed by atoms with Gasteiger partial charge in [0.25, 0.3) is 0 Å². The molecule has 1 aromatic rings. The predicted molar refractivity (Wildman–Crippen MR) is 57.6 cm³/mol. The fraction of sp³-hybridized carbons (Fsp3) is 0.300. The second-order valence-electron chi connectivity index (χ2n) is 3.29. The molecule has 0 aliphatic heterocycles. The Morgan fingerprint density at radius 2 is 2.06 bits per heavy atom. The third-order valence-corrected chi connectivity index (χ3v) is 2.25. The standard InChI is InChI=1S/C10H9ClF3NO2/c11-8-5-6(1-2-7(8)9(16)17)15-4-3-10(12,13)14/h1-2,5,15H,3-4H2,(H,16,17). The number of halogens is 4. The van der Waals surface area contributed by atoms with E-state index in [4.69, 9.17) is 16.7 Å². The van der Waals surface area contributed by atoms with E-state index >= 15 is 0 Å². The third-order valence-electron chi connectivity index (χ3n) is 1.94. The Hall–Kier alpha value is -1.43. The van der Waals surface area contributed by atoms with Gasteiger partial charge in [-0.3, -0.25) is 0 Å². The van der Waals surface area contributed by atoms with Gasteiger partial charge < -0.3 is 10.4 Å². The summed E-state index contributed by atoms with van der Waals surface area (Å²) in [4.78, 5) is 10.6. The maximum atomic E-state index is 11.9. The SMILES string of the molecule is O=C(O)c1ccc(NCCC(F)(F)F)cc1Cl. The van der Waals surface area contributed by atoms with Crippen molar-refractivity contribution >= 4 is 23.3 Å². The minimum Gasteiger partial charge on any atom is -0.478 e. The van der Waals surface area contributed by atoms with E-state index in [2.05, 4.69) is 5.32 Å². The van der Waals surface area contributed by atoms with Gasteiger partial charge in [0, 0.05) is 12.2 Å². The maximum absolute atomic E-state index is 11.9. The van der Waals surface area contributed by atoms with Gasteiger partial charge in [-0.2, -0.15) is 13.2 Å². The number of carboxylic acids is 1. The molecule has 7 heteroatoms. The molecule has 0 aliphatic carbocycles. The number of alkyl halides is 3. The number of carbonyl (C=O) groups is 1. The van der Waals surface area contributed by atoms with Crippen LogP contribution in [0.3, 0.4) is 0 Å². The van der Waals surface area contributed by atoms with Crippen LogP contribution in [0.1, 0.15) is 16.8 Å². The van der Waals surface area contributed by atoms with Gasteiger partial charge >= 0.3 is 12.1 Å². The quantitative estimate of drug-likeness (QED) is 0.879. The van der Waals surface area contributed by atoms with Gasteiger partial charge in [-0.15, -0.1) is 0 Å². The van der Waals surface area contributed by atoms with E-state index in [-0.39, 0.29) is 17.1 Å². The summed E-state index contributed by atoms with van der Waals surface area (Å²) in [5, 5.41) is 11.2. The van der Waals surface area contributed by atoms with Crippen LogP contribution in [0, 0.1) is 0 Å². The number of anilines is 1. The first kappa shape index (κ1) is 13.6. The predicted octanol–water partition coefficient (Wildman–Crippen LogP) is 3.40. The maximum Gasteiger partial charge on any atom is 0.390 e. The van der Waals surface area contributed by atoms with Crippen LogP contribution in [0.25, 0.3) is 0 Å². The smallest absolute Gasteiger partial charge is 0.390 e. The second-order valence-corrected chi connectivity index (χ2v) is 3.70.